The molecule has 3 rings (SSSR count). The third-order valence-electron chi connectivity index (χ3n) is 3.45. The largest absolute Gasteiger partial charge is 0.444 e. The van der Waals surface area contributed by atoms with E-state index in [9.17, 15) is 4.79 Å². The first-order chi connectivity index (χ1) is 10.5. The lowest BCUT2D eigenvalue weighted by Crippen LogP contribution is -2.21. The molecular weight excluding hydrogens is 284 g/mol. The van der Waals surface area contributed by atoms with Gasteiger partial charge >= 0.3 is 6.09 Å². The van der Waals surface area contributed by atoms with Gasteiger partial charge in [0.15, 0.2) is 0 Å². The second kappa shape index (κ2) is 5.76. The first kappa shape index (κ1) is 14.5. The number of cyclic esters (lactones) is 1. The Morgan fingerprint density at radius 2 is 2.00 bits per heavy atom. The molecule has 1 saturated heterocycles. The van der Waals surface area contributed by atoms with Crippen molar-refractivity contribution in [1.29, 1.82) is 0 Å². The molecule has 7 nitrogen and oxygen atoms in total. The summed E-state index contributed by atoms with van der Waals surface area (Å²) in [6.45, 7) is 2.66. The third-order valence-corrected chi connectivity index (χ3v) is 3.45. The Morgan fingerprint density at radius 1 is 1.27 bits per heavy atom. The number of ether oxygens (including phenoxy) is 1. The zero-order valence-electron chi connectivity index (χ0n) is 12.7. The highest BCUT2D eigenvalue weighted by Crippen LogP contribution is 2.25. The molecule has 1 N–H and O–H groups in total. The molecule has 0 radical (unpaired) electrons. The molecule has 1 aromatic carbocycles. The molecule has 0 saturated carbocycles. The molecule has 2 atom stereocenters. The quantitative estimate of drug-likeness (QED) is 0.930. The average molecular weight is 302 g/mol. The third kappa shape index (κ3) is 2.94. The number of rotatable bonds is 4. The van der Waals surface area contributed by atoms with Crippen LogP contribution in [0.2, 0.25) is 0 Å². The van der Waals surface area contributed by atoms with Gasteiger partial charge in [-0.2, -0.15) is 4.98 Å². The minimum atomic E-state index is -0.467. The van der Waals surface area contributed by atoms with Crippen molar-refractivity contribution in [3.05, 3.63) is 35.7 Å². The number of carbonyl (C=O) groups is 1. The van der Waals surface area contributed by atoms with Crippen molar-refractivity contribution in [3.63, 3.8) is 0 Å². The van der Waals surface area contributed by atoms with Crippen molar-refractivity contribution in [2.45, 2.75) is 25.6 Å². The Bertz CT molecular complexity index is 666. The first-order valence-corrected chi connectivity index (χ1v) is 7.08. The van der Waals surface area contributed by atoms with E-state index in [1.165, 1.54) is 5.56 Å². The van der Waals surface area contributed by atoms with Crippen molar-refractivity contribution in [2.75, 3.05) is 14.1 Å². The topological polar surface area (TPSA) is 80.5 Å². The molecule has 2 heterocycles. The molecular formula is C15H18N4O3. The Balaban J connectivity index is 1.77. The molecule has 1 aliphatic rings. The summed E-state index contributed by atoms with van der Waals surface area (Å²) in [7, 11) is 4.05. The van der Waals surface area contributed by atoms with Gasteiger partial charge < -0.3 is 19.5 Å². The molecule has 1 aliphatic heterocycles. The minimum absolute atomic E-state index is 0.330. The van der Waals surface area contributed by atoms with Gasteiger partial charge in [-0.15, -0.1) is 0 Å². The van der Waals surface area contributed by atoms with Crippen LogP contribution in [0.15, 0.2) is 28.8 Å². The van der Waals surface area contributed by atoms with Gasteiger partial charge in [0, 0.05) is 12.1 Å². The van der Waals surface area contributed by atoms with Crippen molar-refractivity contribution in [3.8, 4) is 11.4 Å². The van der Waals surface area contributed by atoms with E-state index in [1.807, 2.05) is 38.4 Å². The number of nitrogens with one attached hydrogen (secondary N) is 1. The lowest BCUT2D eigenvalue weighted by Gasteiger charge is -2.09. The maximum absolute atomic E-state index is 11.2. The van der Waals surface area contributed by atoms with Crippen LogP contribution in [0.4, 0.5) is 4.79 Å². The highest BCUT2D eigenvalue weighted by molar-refractivity contribution is 5.70. The second-order valence-electron chi connectivity index (χ2n) is 5.62. The van der Waals surface area contributed by atoms with Crippen LogP contribution in [-0.4, -0.2) is 41.3 Å². The monoisotopic (exact) mass is 302 g/mol. The molecule has 22 heavy (non-hydrogen) atoms. The van der Waals surface area contributed by atoms with Crippen LogP contribution < -0.4 is 5.32 Å². The summed E-state index contributed by atoms with van der Waals surface area (Å²) in [6.07, 6.45) is -0.798. The van der Waals surface area contributed by atoms with E-state index < -0.39 is 12.1 Å². The van der Waals surface area contributed by atoms with Crippen LogP contribution in [0.5, 0.6) is 0 Å². The van der Waals surface area contributed by atoms with E-state index in [1.54, 1.807) is 6.92 Å². The fourth-order valence-electron chi connectivity index (χ4n) is 2.38. The van der Waals surface area contributed by atoms with E-state index in [2.05, 4.69) is 20.4 Å². The zero-order valence-corrected chi connectivity index (χ0v) is 12.7. The molecule has 0 bridgehead atoms. The van der Waals surface area contributed by atoms with Gasteiger partial charge in [0.05, 0.1) is 0 Å². The Morgan fingerprint density at radius 3 is 2.59 bits per heavy atom. The number of alkyl carbamates (subject to hydrolysis) is 1. The van der Waals surface area contributed by atoms with Crippen molar-refractivity contribution in [2.24, 2.45) is 0 Å². The van der Waals surface area contributed by atoms with Crippen LogP contribution in [-0.2, 0) is 11.3 Å². The molecule has 116 valence electrons. The highest BCUT2D eigenvalue weighted by Gasteiger charge is 2.36. The first-order valence-electron chi connectivity index (χ1n) is 7.08. The van der Waals surface area contributed by atoms with E-state index in [4.69, 9.17) is 9.26 Å². The lowest BCUT2D eigenvalue weighted by atomic mass is 10.1. The maximum Gasteiger partial charge on any atom is 0.408 e. The SMILES string of the molecule is CC1OC(=O)NC1c1nc(-c2ccc(CN(C)C)cc2)no1. The van der Waals surface area contributed by atoms with E-state index in [0.29, 0.717) is 11.7 Å². The predicted molar refractivity (Wildman–Crippen MR) is 78.9 cm³/mol. The lowest BCUT2D eigenvalue weighted by molar-refractivity contribution is 0.137. The Kier molecular flexibility index (Phi) is 3.81. The molecule has 1 fully saturated rings. The van der Waals surface area contributed by atoms with Gasteiger partial charge in [0.25, 0.3) is 5.89 Å². The number of amides is 1. The van der Waals surface area contributed by atoms with Gasteiger partial charge in [-0.3, -0.25) is 0 Å². The smallest absolute Gasteiger partial charge is 0.408 e. The Labute approximate surface area is 128 Å². The number of nitrogens with zero attached hydrogens (tertiary/aromatic N) is 3. The van der Waals surface area contributed by atoms with Gasteiger partial charge in [-0.1, -0.05) is 29.4 Å². The van der Waals surface area contributed by atoms with Gasteiger partial charge in [0.1, 0.15) is 12.1 Å². The predicted octanol–water partition coefficient (Wildman–Crippen LogP) is 1.97. The molecule has 7 heteroatoms. The van der Waals surface area contributed by atoms with Crippen LogP contribution >= 0.6 is 0 Å². The summed E-state index contributed by atoms with van der Waals surface area (Å²) in [5.74, 6) is 0.852. The highest BCUT2D eigenvalue weighted by atomic mass is 16.6. The molecule has 2 unspecified atom stereocenters. The molecule has 0 spiro atoms. The summed E-state index contributed by atoms with van der Waals surface area (Å²) in [6, 6.07) is 7.59. The fraction of sp³-hybridized carbons (Fsp3) is 0.400. The van der Waals surface area contributed by atoms with Crippen molar-refractivity contribution < 1.29 is 14.1 Å². The van der Waals surface area contributed by atoms with Crippen molar-refractivity contribution >= 4 is 6.09 Å². The van der Waals surface area contributed by atoms with E-state index in [0.717, 1.165) is 12.1 Å². The standard InChI is InChI=1S/C15H18N4O3/c1-9-12(16-15(20)21-9)14-17-13(18-22-14)11-6-4-10(5-7-11)8-19(2)3/h4-7,9,12H,8H2,1-3H3,(H,16,20). The zero-order chi connectivity index (χ0) is 15.7. The second-order valence-corrected chi connectivity index (χ2v) is 5.62. The van der Waals surface area contributed by atoms with Crippen LogP contribution in [0.25, 0.3) is 11.4 Å². The van der Waals surface area contributed by atoms with Crippen molar-refractivity contribution in [1.82, 2.24) is 20.4 Å². The minimum Gasteiger partial charge on any atom is -0.444 e. The summed E-state index contributed by atoms with van der Waals surface area (Å²) in [5, 5.41) is 6.63. The van der Waals surface area contributed by atoms with E-state index >= 15 is 0 Å². The molecule has 2 aromatic rings. The van der Waals surface area contributed by atoms with Crippen LogP contribution in [0.1, 0.15) is 24.4 Å². The van der Waals surface area contributed by atoms with Gasteiger partial charge in [0.2, 0.25) is 5.82 Å². The summed E-state index contributed by atoms with van der Waals surface area (Å²) < 4.78 is 10.3. The van der Waals surface area contributed by atoms with Gasteiger partial charge in [-0.05, 0) is 26.6 Å². The van der Waals surface area contributed by atoms with E-state index in [-0.39, 0.29) is 6.10 Å². The fourth-order valence-corrected chi connectivity index (χ4v) is 2.38. The normalized spacial score (nSPS) is 21.0. The van der Waals surface area contributed by atoms with Gasteiger partial charge in [-0.25, -0.2) is 4.79 Å². The number of hydrogen-bond acceptors (Lipinski definition) is 6. The molecule has 0 aliphatic carbocycles. The Hall–Kier alpha value is -2.41. The molecule has 1 amide bonds. The average Bonchev–Trinajstić information content (AvgIpc) is 3.05. The number of benzene rings is 1. The van der Waals surface area contributed by atoms with Crippen LogP contribution in [0, 0.1) is 0 Å². The summed E-state index contributed by atoms with van der Waals surface area (Å²) in [4.78, 5) is 17.7. The number of aromatic nitrogens is 2. The number of carbonyl (C=O) groups excluding carboxylic acids is 1. The number of hydrogen-bond donors (Lipinski definition) is 1. The maximum atomic E-state index is 11.2. The van der Waals surface area contributed by atoms with Crippen LogP contribution in [0.3, 0.4) is 0 Å². The summed E-state index contributed by atoms with van der Waals surface area (Å²) >= 11 is 0. The molecule has 1 aromatic heterocycles. The summed E-state index contributed by atoms with van der Waals surface area (Å²) in [5.41, 5.74) is 2.08.